The number of thiocarbonyl (C=S) groups is 1. The molecule has 0 amide bonds. The molecule has 0 saturated carbocycles. The second-order valence-corrected chi connectivity index (χ2v) is 6.63. The van der Waals surface area contributed by atoms with E-state index in [1.165, 1.54) is 12.8 Å². The number of benzene rings is 1. The first-order valence-electron chi connectivity index (χ1n) is 7.36. The van der Waals surface area contributed by atoms with Gasteiger partial charge in [-0.2, -0.15) is 0 Å². The Labute approximate surface area is 140 Å². The average Bonchev–Trinajstić information content (AvgIpc) is 2.48. The number of halogens is 1. The highest BCUT2D eigenvalue weighted by molar-refractivity contribution is 9.10. The van der Waals surface area contributed by atoms with Crippen LogP contribution in [-0.2, 0) is 0 Å². The predicted octanol–water partition coefficient (Wildman–Crippen LogP) is 4.26. The van der Waals surface area contributed by atoms with Gasteiger partial charge in [-0.25, -0.2) is 0 Å². The molecule has 21 heavy (non-hydrogen) atoms. The van der Waals surface area contributed by atoms with Crippen molar-refractivity contribution >= 4 is 33.1 Å². The Kier molecular flexibility index (Phi) is 5.88. The van der Waals surface area contributed by atoms with Gasteiger partial charge in [0.1, 0.15) is 4.99 Å². The van der Waals surface area contributed by atoms with Crippen molar-refractivity contribution in [1.29, 1.82) is 0 Å². The van der Waals surface area contributed by atoms with Crippen molar-refractivity contribution in [3.05, 3.63) is 22.2 Å². The third kappa shape index (κ3) is 3.89. The second kappa shape index (κ2) is 7.45. The first-order valence-corrected chi connectivity index (χ1v) is 8.56. The van der Waals surface area contributed by atoms with E-state index in [1.54, 1.807) is 7.11 Å². The standard InChI is InChI=1S/C16H22BrNO2S/c1-4-20-15-10-13(17)12(9-14(15)19-3)16(21)18-7-5-11(2)6-8-18/h9-11H,4-8H2,1-3H3. The van der Waals surface area contributed by atoms with E-state index in [0.29, 0.717) is 6.61 Å². The van der Waals surface area contributed by atoms with E-state index in [2.05, 4.69) is 27.8 Å². The van der Waals surface area contributed by atoms with Crippen molar-refractivity contribution in [1.82, 2.24) is 4.90 Å². The van der Waals surface area contributed by atoms with Crippen LogP contribution < -0.4 is 9.47 Å². The van der Waals surface area contributed by atoms with Gasteiger partial charge in [0.2, 0.25) is 0 Å². The zero-order valence-electron chi connectivity index (χ0n) is 12.8. The van der Waals surface area contributed by atoms with E-state index in [-0.39, 0.29) is 0 Å². The maximum absolute atomic E-state index is 5.68. The molecule has 5 heteroatoms. The third-order valence-corrected chi connectivity index (χ3v) is 4.99. The molecule has 1 saturated heterocycles. The van der Waals surface area contributed by atoms with Crippen LogP contribution in [0, 0.1) is 5.92 Å². The molecule has 0 radical (unpaired) electrons. The fourth-order valence-corrected chi connectivity index (χ4v) is 3.50. The van der Waals surface area contributed by atoms with Gasteiger partial charge in [-0.1, -0.05) is 19.1 Å². The van der Waals surface area contributed by atoms with E-state index in [1.807, 2.05) is 19.1 Å². The minimum atomic E-state index is 0.608. The SMILES string of the molecule is CCOc1cc(Br)c(C(=S)N2CCC(C)CC2)cc1OC. The Bertz CT molecular complexity index is 513. The van der Waals surface area contributed by atoms with Crippen molar-refractivity contribution in [3.8, 4) is 11.5 Å². The molecule has 116 valence electrons. The van der Waals surface area contributed by atoms with E-state index in [9.17, 15) is 0 Å². The number of likely N-dealkylation sites (tertiary alicyclic amines) is 1. The molecular weight excluding hydrogens is 350 g/mol. The number of hydrogen-bond donors (Lipinski definition) is 0. The van der Waals surface area contributed by atoms with Crippen molar-refractivity contribution in [2.45, 2.75) is 26.7 Å². The summed E-state index contributed by atoms with van der Waals surface area (Å²) in [5, 5.41) is 0. The molecule has 3 nitrogen and oxygen atoms in total. The van der Waals surface area contributed by atoms with Gasteiger partial charge < -0.3 is 14.4 Å². The number of hydrogen-bond acceptors (Lipinski definition) is 3. The Balaban J connectivity index is 2.24. The molecule has 1 aromatic rings. The van der Waals surface area contributed by atoms with E-state index in [4.69, 9.17) is 21.7 Å². The summed E-state index contributed by atoms with van der Waals surface area (Å²) in [5.74, 6) is 2.26. The smallest absolute Gasteiger partial charge is 0.162 e. The quantitative estimate of drug-likeness (QED) is 0.736. The predicted molar refractivity (Wildman–Crippen MR) is 93.5 cm³/mol. The Hall–Kier alpha value is -0.810. The number of rotatable bonds is 4. The molecule has 1 aliphatic rings. The molecule has 0 aliphatic carbocycles. The van der Waals surface area contributed by atoms with Gasteiger partial charge in [0.25, 0.3) is 0 Å². The van der Waals surface area contributed by atoms with Crippen LogP contribution >= 0.6 is 28.1 Å². The minimum Gasteiger partial charge on any atom is -0.493 e. The largest absolute Gasteiger partial charge is 0.493 e. The van der Waals surface area contributed by atoms with E-state index < -0.39 is 0 Å². The van der Waals surface area contributed by atoms with Gasteiger partial charge in [-0.15, -0.1) is 0 Å². The van der Waals surface area contributed by atoms with Gasteiger partial charge in [0.05, 0.1) is 13.7 Å². The molecule has 1 heterocycles. The topological polar surface area (TPSA) is 21.7 Å². The van der Waals surface area contributed by atoms with Crippen molar-refractivity contribution < 1.29 is 9.47 Å². The molecule has 0 bridgehead atoms. The Morgan fingerprint density at radius 1 is 1.33 bits per heavy atom. The Morgan fingerprint density at radius 2 is 2.00 bits per heavy atom. The summed E-state index contributed by atoms with van der Waals surface area (Å²) >= 11 is 9.29. The highest BCUT2D eigenvalue weighted by Gasteiger charge is 2.21. The summed E-state index contributed by atoms with van der Waals surface area (Å²) in [5.41, 5.74) is 1.000. The second-order valence-electron chi connectivity index (χ2n) is 5.39. The van der Waals surface area contributed by atoms with Crippen LogP contribution in [0.15, 0.2) is 16.6 Å². The maximum Gasteiger partial charge on any atom is 0.162 e. The van der Waals surface area contributed by atoms with Gasteiger partial charge in [-0.05, 0) is 53.7 Å². The summed E-state index contributed by atoms with van der Waals surface area (Å²) in [6, 6.07) is 3.91. The molecule has 0 aromatic heterocycles. The normalized spacial score (nSPS) is 15.9. The van der Waals surface area contributed by atoms with Crippen LogP contribution in [-0.4, -0.2) is 36.7 Å². The average molecular weight is 372 g/mol. The molecule has 0 spiro atoms. The molecule has 0 unspecified atom stereocenters. The summed E-state index contributed by atoms with van der Waals surface area (Å²) in [6.45, 7) is 6.93. The fourth-order valence-electron chi connectivity index (χ4n) is 2.51. The molecule has 1 aliphatic heterocycles. The van der Waals surface area contributed by atoms with Crippen LogP contribution in [0.25, 0.3) is 0 Å². The summed E-state index contributed by atoms with van der Waals surface area (Å²) in [4.78, 5) is 3.17. The van der Waals surface area contributed by atoms with Crippen LogP contribution in [0.2, 0.25) is 0 Å². The molecule has 1 fully saturated rings. The van der Waals surface area contributed by atoms with Crippen LogP contribution in [0.3, 0.4) is 0 Å². The van der Waals surface area contributed by atoms with Gasteiger partial charge >= 0.3 is 0 Å². The molecular formula is C16H22BrNO2S. The van der Waals surface area contributed by atoms with E-state index >= 15 is 0 Å². The maximum atomic E-state index is 5.68. The van der Waals surface area contributed by atoms with Gasteiger partial charge in [0, 0.05) is 23.1 Å². The summed E-state index contributed by atoms with van der Waals surface area (Å²) < 4.78 is 12.0. The summed E-state index contributed by atoms with van der Waals surface area (Å²) in [6.07, 6.45) is 2.40. The number of piperidine rings is 1. The monoisotopic (exact) mass is 371 g/mol. The van der Waals surface area contributed by atoms with Gasteiger partial charge in [-0.3, -0.25) is 0 Å². The highest BCUT2D eigenvalue weighted by atomic mass is 79.9. The lowest BCUT2D eigenvalue weighted by Crippen LogP contribution is -2.37. The lowest BCUT2D eigenvalue weighted by atomic mass is 9.99. The minimum absolute atomic E-state index is 0.608. The molecule has 2 rings (SSSR count). The van der Waals surface area contributed by atoms with Crippen molar-refractivity contribution in [2.75, 3.05) is 26.8 Å². The van der Waals surface area contributed by atoms with E-state index in [0.717, 1.165) is 45.5 Å². The van der Waals surface area contributed by atoms with Crippen molar-refractivity contribution in [3.63, 3.8) is 0 Å². The number of nitrogens with zero attached hydrogens (tertiary/aromatic N) is 1. The number of methoxy groups -OCH3 is 1. The zero-order chi connectivity index (χ0) is 15.4. The third-order valence-electron chi connectivity index (χ3n) is 3.85. The lowest BCUT2D eigenvalue weighted by Gasteiger charge is -2.32. The highest BCUT2D eigenvalue weighted by Crippen LogP contribution is 2.35. The van der Waals surface area contributed by atoms with Gasteiger partial charge in [0.15, 0.2) is 11.5 Å². The number of ether oxygens (including phenoxy) is 2. The van der Waals surface area contributed by atoms with Crippen molar-refractivity contribution in [2.24, 2.45) is 5.92 Å². The zero-order valence-corrected chi connectivity index (χ0v) is 15.2. The van der Waals surface area contributed by atoms with Crippen LogP contribution in [0.4, 0.5) is 0 Å². The first-order chi connectivity index (χ1) is 10.1. The van der Waals surface area contributed by atoms with Crippen LogP contribution in [0.1, 0.15) is 32.3 Å². The molecule has 0 atom stereocenters. The Morgan fingerprint density at radius 3 is 2.57 bits per heavy atom. The fraction of sp³-hybridized carbons (Fsp3) is 0.562. The molecule has 0 N–H and O–H groups in total. The summed E-state index contributed by atoms with van der Waals surface area (Å²) in [7, 11) is 1.65. The molecule has 1 aromatic carbocycles. The van der Waals surface area contributed by atoms with Crippen LogP contribution in [0.5, 0.6) is 11.5 Å². The lowest BCUT2D eigenvalue weighted by molar-refractivity contribution is 0.284. The first kappa shape index (κ1) is 16.6.